The predicted molar refractivity (Wildman–Crippen MR) is 94.6 cm³/mol. The molecule has 2 aromatic rings. The molecule has 114 valence electrons. The van der Waals surface area contributed by atoms with Crippen molar-refractivity contribution >= 4 is 11.6 Å². The second kappa shape index (κ2) is 6.22. The molecule has 2 aromatic carbocycles. The monoisotopic (exact) mass is 293 g/mol. The molecule has 1 aliphatic rings. The van der Waals surface area contributed by atoms with Gasteiger partial charge in [0.1, 0.15) is 0 Å². The van der Waals surface area contributed by atoms with Crippen LogP contribution in [0.4, 0.5) is 5.69 Å². The van der Waals surface area contributed by atoms with E-state index >= 15 is 0 Å². The van der Waals surface area contributed by atoms with E-state index in [4.69, 9.17) is 0 Å². The Balaban J connectivity index is 1.95. The first kappa shape index (κ1) is 14.6. The van der Waals surface area contributed by atoms with E-state index in [0.29, 0.717) is 5.92 Å². The lowest BCUT2D eigenvalue weighted by Crippen LogP contribution is -2.26. The molecule has 0 fully saturated rings. The maximum Gasteiger partial charge on any atom is 0.195 e. The molecule has 3 heteroatoms. The maximum atomic E-state index is 4.41. The van der Waals surface area contributed by atoms with Crippen LogP contribution in [0.5, 0.6) is 0 Å². The summed E-state index contributed by atoms with van der Waals surface area (Å²) in [7, 11) is 0. The van der Waals surface area contributed by atoms with Crippen LogP contribution in [-0.2, 0) is 0 Å². The molecule has 0 saturated heterocycles. The third-order valence-corrected chi connectivity index (χ3v) is 4.13. The van der Waals surface area contributed by atoms with E-state index in [9.17, 15) is 0 Å². The zero-order chi connectivity index (χ0) is 15.5. The van der Waals surface area contributed by atoms with Crippen LogP contribution in [0.3, 0.4) is 0 Å². The Kier molecular flexibility index (Phi) is 4.14. The first-order valence-electron chi connectivity index (χ1n) is 7.90. The van der Waals surface area contributed by atoms with Crippen LogP contribution < -0.4 is 10.6 Å². The lowest BCUT2D eigenvalue weighted by molar-refractivity contribution is 0.867. The summed E-state index contributed by atoms with van der Waals surface area (Å²) in [6, 6.07) is 15.2. The van der Waals surface area contributed by atoms with Gasteiger partial charge >= 0.3 is 0 Å². The van der Waals surface area contributed by atoms with Crippen molar-refractivity contribution in [3.63, 3.8) is 0 Å². The maximum absolute atomic E-state index is 4.41. The van der Waals surface area contributed by atoms with Crippen molar-refractivity contribution in [1.82, 2.24) is 5.32 Å². The molecular formula is C19H23N3. The highest BCUT2D eigenvalue weighted by molar-refractivity contribution is 5.96. The standard InChI is InChI=1S/C19H23N3/c1-13(2)15-6-4-7-16(12-15)17-8-5-9-18(14(17)3)22-19-20-10-11-21-19/h4-9,12-13H,10-11H2,1-3H3,(H2,20,21,22). The summed E-state index contributed by atoms with van der Waals surface area (Å²) in [6.07, 6.45) is 0. The highest BCUT2D eigenvalue weighted by Gasteiger charge is 2.10. The SMILES string of the molecule is Cc1c(NC2=NCCN2)cccc1-c1cccc(C(C)C)c1. The van der Waals surface area contributed by atoms with Crippen LogP contribution in [0.2, 0.25) is 0 Å². The molecule has 0 spiro atoms. The lowest BCUT2D eigenvalue weighted by Gasteiger charge is -2.15. The van der Waals surface area contributed by atoms with Gasteiger partial charge in [0, 0.05) is 12.2 Å². The fraction of sp³-hybridized carbons (Fsp3) is 0.316. The number of guanidine groups is 1. The van der Waals surface area contributed by atoms with Gasteiger partial charge in [0.2, 0.25) is 0 Å². The highest BCUT2D eigenvalue weighted by Crippen LogP contribution is 2.30. The van der Waals surface area contributed by atoms with Crippen molar-refractivity contribution in [2.45, 2.75) is 26.7 Å². The molecule has 0 bridgehead atoms. The summed E-state index contributed by atoms with van der Waals surface area (Å²) in [5, 5.41) is 6.65. The summed E-state index contributed by atoms with van der Waals surface area (Å²) in [4.78, 5) is 4.41. The first-order valence-corrected chi connectivity index (χ1v) is 7.90. The van der Waals surface area contributed by atoms with E-state index in [1.54, 1.807) is 0 Å². The topological polar surface area (TPSA) is 36.4 Å². The molecular weight excluding hydrogens is 270 g/mol. The normalized spacial score (nSPS) is 13.9. The van der Waals surface area contributed by atoms with Crippen LogP contribution in [0, 0.1) is 6.92 Å². The fourth-order valence-corrected chi connectivity index (χ4v) is 2.76. The van der Waals surface area contributed by atoms with Crippen molar-refractivity contribution < 1.29 is 0 Å². The Labute approximate surface area is 132 Å². The molecule has 0 radical (unpaired) electrons. The summed E-state index contributed by atoms with van der Waals surface area (Å²) in [5.74, 6) is 1.41. The number of aliphatic imine (C=N–C) groups is 1. The number of benzene rings is 2. The van der Waals surface area contributed by atoms with Gasteiger partial charge < -0.3 is 10.6 Å². The molecule has 1 heterocycles. The Morgan fingerprint density at radius 1 is 1.14 bits per heavy atom. The Bertz CT molecular complexity index is 702. The molecule has 0 amide bonds. The van der Waals surface area contributed by atoms with Crippen molar-refractivity contribution in [2.75, 3.05) is 18.4 Å². The molecule has 3 rings (SSSR count). The minimum Gasteiger partial charge on any atom is -0.354 e. The summed E-state index contributed by atoms with van der Waals surface area (Å²) < 4.78 is 0. The molecule has 3 nitrogen and oxygen atoms in total. The molecule has 22 heavy (non-hydrogen) atoms. The van der Waals surface area contributed by atoms with Gasteiger partial charge in [-0.3, -0.25) is 4.99 Å². The number of nitrogens with zero attached hydrogens (tertiary/aromatic N) is 1. The van der Waals surface area contributed by atoms with E-state index < -0.39 is 0 Å². The largest absolute Gasteiger partial charge is 0.354 e. The van der Waals surface area contributed by atoms with E-state index in [1.807, 2.05) is 0 Å². The number of hydrogen-bond donors (Lipinski definition) is 2. The number of hydrogen-bond acceptors (Lipinski definition) is 3. The fourth-order valence-electron chi connectivity index (χ4n) is 2.76. The Morgan fingerprint density at radius 2 is 1.95 bits per heavy atom. The summed E-state index contributed by atoms with van der Waals surface area (Å²) in [6.45, 7) is 8.38. The van der Waals surface area contributed by atoms with E-state index in [-0.39, 0.29) is 0 Å². The third kappa shape index (κ3) is 2.98. The summed E-state index contributed by atoms with van der Waals surface area (Å²) >= 11 is 0. The van der Waals surface area contributed by atoms with Gasteiger partial charge in [-0.25, -0.2) is 0 Å². The average molecular weight is 293 g/mol. The lowest BCUT2D eigenvalue weighted by atomic mass is 9.94. The van der Waals surface area contributed by atoms with Crippen LogP contribution >= 0.6 is 0 Å². The zero-order valence-corrected chi connectivity index (χ0v) is 13.5. The Morgan fingerprint density at radius 3 is 2.68 bits per heavy atom. The first-order chi connectivity index (χ1) is 10.6. The zero-order valence-electron chi connectivity index (χ0n) is 13.5. The molecule has 2 N–H and O–H groups in total. The van der Waals surface area contributed by atoms with Crippen molar-refractivity contribution in [1.29, 1.82) is 0 Å². The van der Waals surface area contributed by atoms with Gasteiger partial charge in [0.25, 0.3) is 0 Å². The minimum atomic E-state index is 0.540. The van der Waals surface area contributed by atoms with Crippen LogP contribution in [0.25, 0.3) is 11.1 Å². The van der Waals surface area contributed by atoms with Crippen molar-refractivity contribution in [3.8, 4) is 11.1 Å². The number of anilines is 1. The third-order valence-electron chi connectivity index (χ3n) is 4.13. The van der Waals surface area contributed by atoms with E-state index in [1.165, 1.54) is 22.3 Å². The van der Waals surface area contributed by atoms with Gasteiger partial charge in [-0.05, 0) is 41.2 Å². The molecule has 0 aliphatic carbocycles. The Hall–Kier alpha value is -2.29. The molecule has 0 aromatic heterocycles. The molecule has 1 aliphatic heterocycles. The van der Waals surface area contributed by atoms with Gasteiger partial charge in [-0.2, -0.15) is 0 Å². The second-order valence-corrected chi connectivity index (χ2v) is 6.04. The van der Waals surface area contributed by atoms with Gasteiger partial charge in [0.05, 0.1) is 6.54 Å². The smallest absolute Gasteiger partial charge is 0.195 e. The van der Waals surface area contributed by atoms with E-state index in [0.717, 1.165) is 24.7 Å². The number of nitrogens with one attached hydrogen (secondary N) is 2. The van der Waals surface area contributed by atoms with Crippen LogP contribution in [-0.4, -0.2) is 19.0 Å². The van der Waals surface area contributed by atoms with Gasteiger partial charge in [-0.1, -0.05) is 50.2 Å². The molecule has 0 unspecified atom stereocenters. The molecule has 0 atom stereocenters. The van der Waals surface area contributed by atoms with E-state index in [2.05, 4.69) is 78.9 Å². The predicted octanol–water partition coefficient (Wildman–Crippen LogP) is 4.16. The van der Waals surface area contributed by atoms with Crippen molar-refractivity contribution in [2.24, 2.45) is 4.99 Å². The average Bonchev–Trinajstić information content (AvgIpc) is 3.02. The highest BCUT2D eigenvalue weighted by atomic mass is 15.2. The van der Waals surface area contributed by atoms with Crippen LogP contribution in [0.1, 0.15) is 30.9 Å². The van der Waals surface area contributed by atoms with Crippen LogP contribution in [0.15, 0.2) is 47.5 Å². The quantitative estimate of drug-likeness (QED) is 0.891. The second-order valence-electron chi connectivity index (χ2n) is 6.04. The number of rotatable bonds is 3. The minimum absolute atomic E-state index is 0.540. The molecule has 0 saturated carbocycles. The van der Waals surface area contributed by atoms with Gasteiger partial charge in [0.15, 0.2) is 5.96 Å². The summed E-state index contributed by atoms with van der Waals surface area (Å²) in [5.41, 5.74) is 6.28. The van der Waals surface area contributed by atoms with Crippen molar-refractivity contribution in [3.05, 3.63) is 53.6 Å². The van der Waals surface area contributed by atoms with Gasteiger partial charge in [-0.15, -0.1) is 0 Å².